The van der Waals surface area contributed by atoms with Crippen molar-refractivity contribution in [1.29, 1.82) is 0 Å². The van der Waals surface area contributed by atoms with Gasteiger partial charge in [-0.2, -0.15) is 0 Å². The number of hydrogen-bond acceptors (Lipinski definition) is 2. The van der Waals surface area contributed by atoms with Gasteiger partial charge < -0.3 is 10.4 Å². The SMILES string of the molecule is O=C(O)c1ccc(Nc2cccc(Cl)c2)c(F)c1. The van der Waals surface area contributed by atoms with E-state index in [1.807, 2.05) is 0 Å². The third-order valence-electron chi connectivity index (χ3n) is 2.32. The van der Waals surface area contributed by atoms with Crippen molar-refractivity contribution in [2.45, 2.75) is 0 Å². The van der Waals surface area contributed by atoms with Gasteiger partial charge >= 0.3 is 5.97 Å². The number of carboxylic acid groups (broad SMARTS) is 1. The molecule has 18 heavy (non-hydrogen) atoms. The van der Waals surface area contributed by atoms with E-state index in [9.17, 15) is 9.18 Å². The van der Waals surface area contributed by atoms with E-state index in [0.717, 1.165) is 6.07 Å². The van der Waals surface area contributed by atoms with E-state index >= 15 is 0 Å². The third-order valence-corrected chi connectivity index (χ3v) is 2.55. The highest BCUT2D eigenvalue weighted by Crippen LogP contribution is 2.23. The van der Waals surface area contributed by atoms with Gasteiger partial charge in [-0.15, -0.1) is 0 Å². The molecule has 0 fully saturated rings. The number of carbonyl (C=O) groups is 1. The molecule has 92 valence electrons. The van der Waals surface area contributed by atoms with Crippen molar-refractivity contribution in [2.75, 3.05) is 5.32 Å². The first-order chi connectivity index (χ1) is 8.56. The van der Waals surface area contributed by atoms with Crippen molar-refractivity contribution in [2.24, 2.45) is 0 Å². The Hall–Kier alpha value is -2.07. The molecule has 0 radical (unpaired) electrons. The molecule has 3 nitrogen and oxygen atoms in total. The predicted molar refractivity (Wildman–Crippen MR) is 68.1 cm³/mol. The van der Waals surface area contributed by atoms with Crippen LogP contribution >= 0.6 is 11.6 Å². The lowest BCUT2D eigenvalue weighted by molar-refractivity contribution is 0.0696. The zero-order valence-electron chi connectivity index (χ0n) is 9.15. The van der Waals surface area contributed by atoms with E-state index in [-0.39, 0.29) is 11.3 Å². The van der Waals surface area contributed by atoms with Gasteiger partial charge in [0.1, 0.15) is 5.82 Å². The first-order valence-corrected chi connectivity index (χ1v) is 5.49. The summed E-state index contributed by atoms with van der Waals surface area (Å²) in [5.74, 6) is -1.79. The quantitative estimate of drug-likeness (QED) is 0.884. The molecule has 0 heterocycles. The Morgan fingerprint density at radius 2 is 2.00 bits per heavy atom. The molecule has 2 rings (SSSR count). The summed E-state index contributed by atoms with van der Waals surface area (Å²) in [5.41, 5.74) is 0.732. The summed E-state index contributed by atoms with van der Waals surface area (Å²) in [6.45, 7) is 0. The largest absolute Gasteiger partial charge is 0.478 e. The fourth-order valence-electron chi connectivity index (χ4n) is 1.47. The van der Waals surface area contributed by atoms with Crippen LogP contribution in [0.2, 0.25) is 5.02 Å². The van der Waals surface area contributed by atoms with Crippen molar-refractivity contribution in [1.82, 2.24) is 0 Å². The Morgan fingerprint density at radius 1 is 1.22 bits per heavy atom. The Kier molecular flexibility index (Phi) is 3.48. The van der Waals surface area contributed by atoms with Gasteiger partial charge in [-0.1, -0.05) is 17.7 Å². The van der Waals surface area contributed by atoms with Crippen LogP contribution in [-0.2, 0) is 0 Å². The van der Waals surface area contributed by atoms with Gasteiger partial charge in [0.2, 0.25) is 0 Å². The van der Waals surface area contributed by atoms with Gasteiger partial charge in [0.05, 0.1) is 11.3 Å². The smallest absolute Gasteiger partial charge is 0.335 e. The molecular formula is C13H9ClFNO2. The highest BCUT2D eigenvalue weighted by Gasteiger charge is 2.08. The minimum atomic E-state index is -1.16. The van der Waals surface area contributed by atoms with Gasteiger partial charge in [0.15, 0.2) is 0 Å². The molecule has 2 aromatic carbocycles. The molecule has 0 saturated carbocycles. The molecule has 0 aliphatic heterocycles. The standard InChI is InChI=1S/C13H9ClFNO2/c14-9-2-1-3-10(7-9)16-12-5-4-8(13(17)18)6-11(12)15/h1-7,16H,(H,17,18). The summed E-state index contributed by atoms with van der Waals surface area (Å²) in [5, 5.41) is 12.1. The average Bonchev–Trinajstić information content (AvgIpc) is 2.31. The van der Waals surface area contributed by atoms with Crippen LogP contribution in [0.3, 0.4) is 0 Å². The molecule has 0 saturated heterocycles. The van der Waals surface area contributed by atoms with E-state index in [4.69, 9.17) is 16.7 Å². The average molecular weight is 266 g/mol. The molecule has 0 bridgehead atoms. The van der Waals surface area contributed by atoms with Gasteiger partial charge in [-0.25, -0.2) is 9.18 Å². The Balaban J connectivity index is 2.27. The zero-order valence-corrected chi connectivity index (χ0v) is 9.91. The summed E-state index contributed by atoms with van der Waals surface area (Å²) in [6.07, 6.45) is 0. The van der Waals surface area contributed by atoms with Crippen LogP contribution in [-0.4, -0.2) is 11.1 Å². The van der Waals surface area contributed by atoms with Crippen molar-refractivity contribution in [3.8, 4) is 0 Å². The lowest BCUT2D eigenvalue weighted by Crippen LogP contribution is -1.99. The van der Waals surface area contributed by atoms with Crippen LogP contribution in [0.4, 0.5) is 15.8 Å². The number of rotatable bonds is 3. The molecule has 0 amide bonds. The van der Waals surface area contributed by atoms with Gasteiger partial charge in [-0.05, 0) is 36.4 Å². The van der Waals surface area contributed by atoms with E-state index in [1.165, 1.54) is 12.1 Å². The number of hydrogen-bond donors (Lipinski definition) is 2. The Labute approximate surface area is 108 Å². The van der Waals surface area contributed by atoms with Crippen LogP contribution in [0.15, 0.2) is 42.5 Å². The van der Waals surface area contributed by atoms with Crippen LogP contribution in [0.25, 0.3) is 0 Å². The predicted octanol–water partition coefficient (Wildman–Crippen LogP) is 3.92. The first kappa shape index (κ1) is 12.4. The Bertz CT molecular complexity index is 601. The fourth-order valence-corrected chi connectivity index (χ4v) is 1.66. The molecule has 0 unspecified atom stereocenters. The lowest BCUT2D eigenvalue weighted by atomic mass is 10.2. The lowest BCUT2D eigenvalue weighted by Gasteiger charge is -2.08. The van der Waals surface area contributed by atoms with E-state index in [2.05, 4.69) is 5.32 Å². The second-order valence-corrected chi connectivity index (χ2v) is 4.07. The minimum absolute atomic E-state index is 0.0934. The molecule has 0 aliphatic rings. The maximum atomic E-state index is 13.6. The molecule has 0 aliphatic carbocycles. The Morgan fingerprint density at radius 3 is 2.61 bits per heavy atom. The normalized spacial score (nSPS) is 10.1. The topological polar surface area (TPSA) is 49.3 Å². The van der Waals surface area contributed by atoms with E-state index < -0.39 is 11.8 Å². The number of anilines is 2. The maximum absolute atomic E-state index is 13.6. The van der Waals surface area contributed by atoms with Crippen molar-refractivity contribution in [3.63, 3.8) is 0 Å². The summed E-state index contributed by atoms with van der Waals surface area (Å²) in [7, 11) is 0. The number of benzene rings is 2. The summed E-state index contributed by atoms with van der Waals surface area (Å²) in [6, 6.07) is 10.5. The number of carboxylic acids is 1. The van der Waals surface area contributed by atoms with Gasteiger partial charge in [0, 0.05) is 10.7 Å². The first-order valence-electron chi connectivity index (χ1n) is 5.12. The van der Waals surface area contributed by atoms with Crippen LogP contribution in [0, 0.1) is 5.82 Å². The van der Waals surface area contributed by atoms with Crippen LogP contribution < -0.4 is 5.32 Å². The molecule has 2 N–H and O–H groups in total. The minimum Gasteiger partial charge on any atom is -0.478 e. The van der Waals surface area contributed by atoms with E-state index in [1.54, 1.807) is 24.3 Å². The molecule has 2 aromatic rings. The van der Waals surface area contributed by atoms with Crippen molar-refractivity contribution < 1.29 is 14.3 Å². The van der Waals surface area contributed by atoms with Crippen LogP contribution in [0.5, 0.6) is 0 Å². The second kappa shape index (κ2) is 5.06. The maximum Gasteiger partial charge on any atom is 0.335 e. The highest BCUT2D eigenvalue weighted by atomic mass is 35.5. The summed E-state index contributed by atoms with van der Waals surface area (Å²) in [4.78, 5) is 10.7. The highest BCUT2D eigenvalue weighted by molar-refractivity contribution is 6.30. The van der Waals surface area contributed by atoms with E-state index in [0.29, 0.717) is 10.7 Å². The monoisotopic (exact) mass is 265 g/mol. The molecule has 0 aromatic heterocycles. The zero-order chi connectivity index (χ0) is 13.1. The summed E-state index contributed by atoms with van der Waals surface area (Å²) >= 11 is 5.81. The molecule has 0 atom stereocenters. The number of halogens is 2. The molecule has 5 heteroatoms. The number of nitrogens with one attached hydrogen (secondary N) is 1. The molecular weight excluding hydrogens is 257 g/mol. The van der Waals surface area contributed by atoms with Crippen LogP contribution in [0.1, 0.15) is 10.4 Å². The number of aromatic carboxylic acids is 1. The summed E-state index contributed by atoms with van der Waals surface area (Å²) < 4.78 is 13.6. The molecule has 0 spiro atoms. The second-order valence-electron chi connectivity index (χ2n) is 3.64. The van der Waals surface area contributed by atoms with Gasteiger partial charge in [-0.3, -0.25) is 0 Å². The van der Waals surface area contributed by atoms with Crippen molar-refractivity contribution in [3.05, 3.63) is 58.9 Å². The van der Waals surface area contributed by atoms with Crippen molar-refractivity contribution >= 4 is 28.9 Å². The van der Waals surface area contributed by atoms with Gasteiger partial charge in [0.25, 0.3) is 0 Å². The fraction of sp³-hybridized carbons (Fsp3) is 0. The third kappa shape index (κ3) is 2.78.